The van der Waals surface area contributed by atoms with Crippen LogP contribution in [0.4, 0.5) is 4.39 Å². The van der Waals surface area contributed by atoms with Crippen molar-refractivity contribution in [2.24, 2.45) is 5.92 Å². The number of hydrogen-bond donors (Lipinski definition) is 0. The lowest BCUT2D eigenvalue weighted by Crippen LogP contribution is -2.38. The largest absolute Gasteiger partial charge is 0.494 e. The van der Waals surface area contributed by atoms with Crippen LogP contribution in [0.15, 0.2) is 18.2 Å². The summed E-state index contributed by atoms with van der Waals surface area (Å²) in [5.74, 6) is -0.291. The molecular formula is C16H22FNO3. The second kappa shape index (κ2) is 7.41. The number of likely N-dealkylation sites (tertiary alicyclic amines) is 1. The zero-order chi connectivity index (χ0) is 15.2. The Balaban J connectivity index is 1.96. The first kappa shape index (κ1) is 15.8. The van der Waals surface area contributed by atoms with Crippen molar-refractivity contribution in [1.29, 1.82) is 0 Å². The maximum Gasteiger partial charge on any atom is 0.310 e. The minimum Gasteiger partial charge on any atom is -0.494 e. The number of benzene rings is 1. The van der Waals surface area contributed by atoms with Crippen molar-refractivity contribution in [2.45, 2.75) is 26.3 Å². The van der Waals surface area contributed by atoms with Crippen LogP contribution < -0.4 is 4.74 Å². The highest BCUT2D eigenvalue weighted by Gasteiger charge is 2.26. The molecule has 116 valence electrons. The number of carbonyl (C=O) groups excluding carboxylic acids is 1. The van der Waals surface area contributed by atoms with Crippen LogP contribution in [0.2, 0.25) is 0 Å². The molecule has 1 aliphatic heterocycles. The molecule has 4 nitrogen and oxygen atoms in total. The Kier molecular flexibility index (Phi) is 5.56. The van der Waals surface area contributed by atoms with Crippen molar-refractivity contribution in [3.8, 4) is 5.75 Å². The number of rotatable bonds is 5. The van der Waals surface area contributed by atoms with Crippen LogP contribution in [0.25, 0.3) is 0 Å². The fourth-order valence-corrected chi connectivity index (χ4v) is 2.72. The van der Waals surface area contributed by atoms with Gasteiger partial charge in [-0.05, 0) is 44.0 Å². The van der Waals surface area contributed by atoms with E-state index in [1.165, 1.54) is 13.2 Å². The van der Waals surface area contributed by atoms with E-state index in [0.29, 0.717) is 19.7 Å². The summed E-state index contributed by atoms with van der Waals surface area (Å²) in [6, 6.07) is 4.99. The molecule has 1 heterocycles. The molecule has 21 heavy (non-hydrogen) atoms. The van der Waals surface area contributed by atoms with E-state index < -0.39 is 0 Å². The summed E-state index contributed by atoms with van der Waals surface area (Å²) in [5, 5.41) is 0. The maximum atomic E-state index is 13.7. The number of nitrogens with zero attached hydrogens (tertiary/aromatic N) is 1. The molecule has 1 aliphatic rings. The van der Waals surface area contributed by atoms with E-state index in [4.69, 9.17) is 9.47 Å². The number of carbonyl (C=O) groups is 1. The van der Waals surface area contributed by atoms with E-state index >= 15 is 0 Å². The van der Waals surface area contributed by atoms with E-state index in [0.717, 1.165) is 24.9 Å². The molecule has 0 bridgehead atoms. The van der Waals surface area contributed by atoms with E-state index in [9.17, 15) is 9.18 Å². The Labute approximate surface area is 124 Å². The summed E-state index contributed by atoms with van der Waals surface area (Å²) < 4.78 is 23.7. The normalized spacial score (nSPS) is 19.3. The number of piperidine rings is 1. The summed E-state index contributed by atoms with van der Waals surface area (Å²) in [5.41, 5.74) is 0.887. The van der Waals surface area contributed by atoms with Crippen LogP contribution in [-0.4, -0.2) is 37.7 Å². The van der Waals surface area contributed by atoms with Gasteiger partial charge in [0.15, 0.2) is 11.6 Å². The second-order valence-electron chi connectivity index (χ2n) is 5.30. The highest BCUT2D eigenvalue weighted by molar-refractivity contribution is 5.72. The van der Waals surface area contributed by atoms with Crippen LogP contribution in [0.5, 0.6) is 5.75 Å². The number of ether oxygens (including phenoxy) is 2. The van der Waals surface area contributed by atoms with Gasteiger partial charge in [0, 0.05) is 13.1 Å². The average Bonchev–Trinajstić information content (AvgIpc) is 2.48. The molecule has 1 aromatic carbocycles. The Bertz CT molecular complexity index is 492. The van der Waals surface area contributed by atoms with Gasteiger partial charge < -0.3 is 9.47 Å². The van der Waals surface area contributed by atoms with E-state index in [2.05, 4.69) is 4.90 Å². The quantitative estimate of drug-likeness (QED) is 0.783. The average molecular weight is 295 g/mol. The molecule has 0 N–H and O–H groups in total. The zero-order valence-corrected chi connectivity index (χ0v) is 12.6. The summed E-state index contributed by atoms with van der Waals surface area (Å²) in [4.78, 5) is 14.0. The summed E-state index contributed by atoms with van der Waals surface area (Å²) in [6.07, 6.45) is 1.83. The topological polar surface area (TPSA) is 38.8 Å². The van der Waals surface area contributed by atoms with E-state index in [-0.39, 0.29) is 23.5 Å². The third-order valence-electron chi connectivity index (χ3n) is 3.75. The van der Waals surface area contributed by atoms with Gasteiger partial charge in [0.1, 0.15) is 0 Å². The SMILES string of the molecule is CCOC(=O)[C@H]1CCCN(Cc2ccc(OC)c(F)c2)C1. The standard InChI is InChI=1S/C16H22FNO3/c1-3-21-16(19)13-5-4-8-18(11-13)10-12-6-7-15(20-2)14(17)9-12/h6-7,9,13H,3-5,8,10-11H2,1-2H3/t13-/m0/s1. The lowest BCUT2D eigenvalue weighted by atomic mass is 9.97. The van der Waals surface area contributed by atoms with Crippen molar-refractivity contribution < 1.29 is 18.7 Å². The van der Waals surface area contributed by atoms with Crippen LogP contribution in [0.3, 0.4) is 0 Å². The van der Waals surface area contributed by atoms with Crippen molar-refractivity contribution in [2.75, 3.05) is 26.8 Å². The second-order valence-corrected chi connectivity index (χ2v) is 5.30. The van der Waals surface area contributed by atoms with Crippen molar-refractivity contribution in [1.82, 2.24) is 4.90 Å². The summed E-state index contributed by atoms with van der Waals surface area (Å²) in [7, 11) is 1.45. The predicted molar refractivity (Wildman–Crippen MR) is 77.6 cm³/mol. The monoisotopic (exact) mass is 295 g/mol. The fourth-order valence-electron chi connectivity index (χ4n) is 2.72. The van der Waals surface area contributed by atoms with Gasteiger partial charge in [-0.2, -0.15) is 0 Å². The van der Waals surface area contributed by atoms with Gasteiger partial charge >= 0.3 is 5.97 Å². The fraction of sp³-hybridized carbons (Fsp3) is 0.562. The Morgan fingerprint density at radius 1 is 1.48 bits per heavy atom. The van der Waals surface area contributed by atoms with Gasteiger partial charge in [-0.3, -0.25) is 9.69 Å². The molecule has 0 spiro atoms. The molecule has 0 aromatic heterocycles. The first-order chi connectivity index (χ1) is 10.1. The molecule has 0 radical (unpaired) electrons. The molecule has 1 atom stereocenters. The van der Waals surface area contributed by atoms with Crippen molar-refractivity contribution in [3.05, 3.63) is 29.6 Å². The molecule has 0 amide bonds. The highest BCUT2D eigenvalue weighted by atomic mass is 19.1. The van der Waals surface area contributed by atoms with Gasteiger partial charge in [-0.1, -0.05) is 6.07 Å². The summed E-state index contributed by atoms with van der Waals surface area (Å²) >= 11 is 0. The molecule has 0 aliphatic carbocycles. The third kappa shape index (κ3) is 4.17. The molecule has 2 rings (SSSR count). The van der Waals surface area contributed by atoms with E-state index in [1.807, 2.05) is 13.0 Å². The smallest absolute Gasteiger partial charge is 0.310 e. The van der Waals surface area contributed by atoms with Crippen LogP contribution >= 0.6 is 0 Å². The molecule has 0 unspecified atom stereocenters. The van der Waals surface area contributed by atoms with E-state index in [1.54, 1.807) is 6.07 Å². The lowest BCUT2D eigenvalue weighted by Gasteiger charge is -2.31. The number of methoxy groups -OCH3 is 1. The zero-order valence-electron chi connectivity index (χ0n) is 12.6. The van der Waals surface area contributed by atoms with Gasteiger partial charge in [0.2, 0.25) is 0 Å². The molecule has 5 heteroatoms. The molecule has 1 aromatic rings. The number of hydrogen-bond acceptors (Lipinski definition) is 4. The summed E-state index contributed by atoms with van der Waals surface area (Å²) in [6.45, 7) is 4.46. The maximum absolute atomic E-state index is 13.7. The lowest BCUT2D eigenvalue weighted by molar-refractivity contribution is -0.150. The molecule has 1 fully saturated rings. The number of halogens is 1. The molecular weight excluding hydrogens is 273 g/mol. The van der Waals surface area contributed by atoms with Crippen LogP contribution in [-0.2, 0) is 16.1 Å². The first-order valence-corrected chi connectivity index (χ1v) is 7.35. The molecule has 0 saturated carbocycles. The van der Waals surface area contributed by atoms with Gasteiger partial charge in [0.05, 0.1) is 19.6 Å². The van der Waals surface area contributed by atoms with Gasteiger partial charge in [-0.15, -0.1) is 0 Å². The Morgan fingerprint density at radius 2 is 2.29 bits per heavy atom. The highest BCUT2D eigenvalue weighted by Crippen LogP contribution is 2.22. The minimum absolute atomic E-state index is 0.0678. The number of esters is 1. The minimum atomic E-state index is -0.353. The van der Waals surface area contributed by atoms with Crippen molar-refractivity contribution in [3.63, 3.8) is 0 Å². The first-order valence-electron chi connectivity index (χ1n) is 7.35. The van der Waals surface area contributed by atoms with Crippen LogP contribution in [0, 0.1) is 11.7 Å². The van der Waals surface area contributed by atoms with Crippen molar-refractivity contribution >= 4 is 5.97 Å². The Hall–Kier alpha value is -1.62. The molecule has 1 saturated heterocycles. The van der Waals surface area contributed by atoms with Gasteiger partial charge in [-0.25, -0.2) is 4.39 Å². The predicted octanol–water partition coefficient (Wildman–Crippen LogP) is 2.61. The third-order valence-corrected chi connectivity index (χ3v) is 3.75. The van der Waals surface area contributed by atoms with Crippen LogP contribution in [0.1, 0.15) is 25.3 Å². The Morgan fingerprint density at radius 3 is 2.95 bits per heavy atom. The van der Waals surface area contributed by atoms with Gasteiger partial charge in [0.25, 0.3) is 0 Å².